The lowest BCUT2D eigenvalue weighted by molar-refractivity contribution is 0.669. The molecule has 0 unspecified atom stereocenters. The zero-order chi connectivity index (χ0) is 24.1. The fourth-order valence-electron chi connectivity index (χ4n) is 6.14. The summed E-state index contributed by atoms with van der Waals surface area (Å²) in [6.07, 6.45) is 0. The molecule has 0 bridgehead atoms. The Kier molecular flexibility index (Phi) is 3.70. The molecule has 9 aromatic rings. The molecule has 0 radical (unpaired) electrons. The number of benzene rings is 6. The van der Waals surface area contributed by atoms with Crippen molar-refractivity contribution in [2.75, 3.05) is 0 Å². The van der Waals surface area contributed by atoms with Crippen molar-refractivity contribution in [3.63, 3.8) is 0 Å². The maximum Gasteiger partial charge on any atom is 0.136 e. The molecule has 3 heterocycles. The number of thiophene rings is 1. The molecular weight excluding hydrogens is 470 g/mol. The molecule has 172 valence electrons. The van der Waals surface area contributed by atoms with Gasteiger partial charge in [-0.3, -0.25) is 0 Å². The lowest BCUT2D eigenvalue weighted by Crippen LogP contribution is -1.93. The summed E-state index contributed by atoms with van der Waals surface area (Å²) in [4.78, 5) is 0. The highest BCUT2D eigenvalue weighted by molar-refractivity contribution is 7.25. The van der Waals surface area contributed by atoms with Crippen molar-refractivity contribution in [1.29, 1.82) is 0 Å². The summed E-state index contributed by atoms with van der Waals surface area (Å²) in [6.45, 7) is 0. The number of rotatable bonds is 1. The summed E-state index contributed by atoms with van der Waals surface area (Å²) in [5, 5.41) is 10.1. The molecule has 3 heteroatoms. The molecule has 0 spiro atoms. The standard InChI is InChI=1S/C34H19NOS/c1-2-8-21-18-32-25(17-20(21)7-1)26-19-22(13-16-31(26)37-32)35-27-11-5-3-9-23(27)33-28(35)14-15-30-34(33)24-10-4-6-12-29(24)36-30/h1-19H. The average molecular weight is 490 g/mol. The number of hydrogen-bond acceptors (Lipinski definition) is 2. The van der Waals surface area contributed by atoms with E-state index in [0.717, 1.165) is 16.6 Å². The fraction of sp³-hybridized carbons (Fsp3) is 0. The van der Waals surface area contributed by atoms with Gasteiger partial charge in [-0.1, -0.05) is 60.7 Å². The van der Waals surface area contributed by atoms with Crippen LogP contribution in [0.25, 0.3) is 80.4 Å². The fourth-order valence-corrected chi connectivity index (χ4v) is 7.26. The third-order valence-corrected chi connectivity index (χ3v) is 8.89. The number of para-hydroxylation sites is 2. The minimum atomic E-state index is 0.931. The van der Waals surface area contributed by atoms with E-state index in [9.17, 15) is 0 Å². The normalized spacial score (nSPS) is 12.3. The highest BCUT2D eigenvalue weighted by atomic mass is 32.1. The van der Waals surface area contributed by atoms with Gasteiger partial charge in [0.2, 0.25) is 0 Å². The number of nitrogens with zero attached hydrogens (tertiary/aromatic N) is 1. The van der Waals surface area contributed by atoms with E-state index < -0.39 is 0 Å². The first-order valence-electron chi connectivity index (χ1n) is 12.5. The Balaban J connectivity index is 1.41. The van der Waals surface area contributed by atoms with Gasteiger partial charge in [0, 0.05) is 47.4 Å². The Labute approximate surface area is 215 Å². The van der Waals surface area contributed by atoms with Crippen molar-refractivity contribution in [1.82, 2.24) is 4.57 Å². The van der Waals surface area contributed by atoms with Gasteiger partial charge in [0.15, 0.2) is 0 Å². The zero-order valence-corrected chi connectivity index (χ0v) is 20.5. The molecule has 0 amide bonds. The second-order valence-electron chi connectivity index (χ2n) is 9.76. The quantitative estimate of drug-likeness (QED) is 0.224. The summed E-state index contributed by atoms with van der Waals surface area (Å²) in [6, 6.07) is 41.6. The molecule has 37 heavy (non-hydrogen) atoms. The first-order chi connectivity index (χ1) is 18.3. The van der Waals surface area contributed by atoms with Gasteiger partial charge in [0.25, 0.3) is 0 Å². The van der Waals surface area contributed by atoms with Gasteiger partial charge < -0.3 is 8.98 Å². The van der Waals surface area contributed by atoms with Gasteiger partial charge in [0.1, 0.15) is 11.2 Å². The van der Waals surface area contributed by atoms with Gasteiger partial charge in [0.05, 0.1) is 11.0 Å². The second kappa shape index (κ2) is 7.00. The molecule has 6 aromatic carbocycles. The van der Waals surface area contributed by atoms with Gasteiger partial charge in [-0.2, -0.15) is 0 Å². The highest BCUT2D eigenvalue weighted by Crippen LogP contribution is 2.42. The van der Waals surface area contributed by atoms with Gasteiger partial charge >= 0.3 is 0 Å². The minimum absolute atomic E-state index is 0.931. The first-order valence-corrected chi connectivity index (χ1v) is 13.3. The summed E-state index contributed by atoms with van der Waals surface area (Å²) in [7, 11) is 0. The van der Waals surface area contributed by atoms with E-state index in [1.807, 2.05) is 17.4 Å². The van der Waals surface area contributed by atoms with Gasteiger partial charge in [-0.25, -0.2) is 0 Å². The van der Waals surface area contributed by atoms with Crippen molar-refractivity contribution >= 4 is 86.0 Å². The summed E-state index contributed by atoms with van der Waals surface area (Å²) < 4.78 is 11.3. The van der Waals surface area contributed by atoms with E-state index in [1.165, 1.54) is 63.8 Å². The SMILES string of the molecule is c1ccc2cc3c(cc2c1)sc1ccc(-n2c4ccccc4c4c5c(ccc42)oc2ccccc25)cc13. The molecule has 2 nitrogen and oxygen atoms in total. The van der Waals surface area contributed by atoms with Crippen LogP contribution >= 0.6 is 11.3 Å². The van der Waals surface area contributed by atoms with Crippen LogP contribution in [0.3, 0.4) is 0 Å². The number of hydrogen-bond donors (Lipinski definition) is 0. The van der Waals surface area contributed by atoms with E-state index >= 15 is 0 Å². The van der Waals surface area contributed by atoms with Crippen molar-refractivity contribution in [2.45, 2.75) is 0 Å². The van der Waals surface area contributed by atoms with Crippen LogP contribution in [0.4, 0.5) is 0 Å². The van der Waals surface area contributed by atoms with E-state index in [-0.39, 0.29) is 0 Å². The van der Waals surface area contributed by atoms with E-state index in [0.29, 0.717) is 0 Å². The molecule has 0 aliphatic rings. The summed E-state index contributed by atoms with van der Waals surface area (Å²) in [5.41, 5.74) is 5.45. The van der Waals surface area contributed by atoms with Crippen LogP contribution < -0.4 is 0 Å². The van der Waals surface area contributed by atoms with E-state index in [2.05, 4.69) is 114 Å². The Hall–Kier alpha value is -4.60. The van der Waals surface area contributed by atoms with Crippen LogP contribution in [0.5, 0.6) is 0 Å². The maximum absolute atomic E-state index is 6.25. The van der Waals surface area contributed by atoms with Crippen LogP contribution in [0.1, 0.15) is 0 Å². The third-order valence-electron chi connectivity index (χ3n) is 7.76. The lowest BCUT2D eigenvalue weighted by atomic mass is 10.1. The molecule has 0 aliphatic carbocycles. The molecule has 0 fully saturated rings. The van der Waals surface area contributed by atoms with Crippen LogP contribution in [0, 0.1) is 0 Å². The van der Waals surface area contributed by atoms with Crippen molar-refractivity contribution in [3.8, 4) is 5.69 Å². The smallest absolute Gasteiger partial charge is 0.136 e. The monoisotopic (exact) mass is 489 g/mol. The molecular formula is C34H19NOS. The summed E-state index contributed by atoms with van der Waals surface area (Å²) in [5.74, 6) is 0. The zero-order valence-electron chi connectivity index (χ0n) is 19.7. The Morgan fingerprint density at radius 3 is 2.16 bits per heavy atom. The summed E-state index contributed by atoms with van der Waals surface area (Å²) >= 11 is 1.87. The van der Waals surface area contributed by atoms with E-state index in [4.69, 9.17) is 4.42 Å². The topological polar surface area (TPSA) is 18.1 Å². The Morgan fingerprint density at radius 1 is 0.486 bits per heavy atom. The third kappa shape index (κ3) is 2.59. The van der Waals surface area contributed by atoms with Crippen LogP contribution in [-0.4, -0.2) is 4.57 Å². The van der Waals surface area contributed by atoms with Crippen molar-refractivity contribution < 1.29 is 4.42 Å². The molecule has 0 saturated heterocycles. The Bertz CT molecular complexity index is 2370. The van der Waals surface area contributed by atoms with Crippen LogP contribution in [-0.2, 0) is 0 Å². The van der Waals surface area contributed by atoms with Crippen LogP contribution in [0.15, 0.2) is 120 Å². The van der Waals surface area contributed by atoms with Crippen LogP contribution in [0.2, 0.25) is 0 Å². The Morgan fingerprint density at radius 2 is 1.24 bits per heavy atom. The van der Waals surface area contributed by atoms with Crippen molar-refractivity contribution in [2.24, 2.45) is 0 Å². The predicted molar refractivity (Wildman–Crippen MR) is 158 cm³/mol. The molecule has 3 aromatic heterocycles. The largest absolute Gasteiger partial charge is 0.456 e. The molecule has 0 N–H and O–H groups in total. The highest BCUT2D eigenvalue weighted by Gasteiger charge is 2.19. The molecule has 0 aliphatic heterocycles. The number of fused-ring (bicyclic) bond motifs is 11. The lowest BCUT2D eigenvalue weighted by Gasteiger charge is -2.08. The number of aromatic nitrogens is 1. The number of furan rings is 1. The first kappa shape index (κ1) is 19.6. The predicted octanol–water partition coefficient (Wildman–Crippen LogP) is 10.2. The molecule has 0 atom stereocenters. The maximum atomic E-state index is 6.25. The van der Waals surface area contributed by atoms with Crippen molar-refractivity contribution in [3.05, 3.63) is 115 Å². The minimum Gasteiger partial charge on any atom is -0.456 e. The second-order valence-corrected chi connectivity index (χ2v) is 10.8. The van der Waals surface area contributed by atoms with E-state index in [1.54, 1.807) is 0 Å². The molecule has 9 rings (SSSR count). The average Bonchev–Trinajstić information content (AvgIpc) is 3.60. The van der Waals surface area contributed by atoms with Gasteiger partial charge in [-0.05, 0) is 65.4 Å². The van der Waals surface area contributed by atoms with Gasteiger partial charge in [-0.15, -0.1) is 11.3 Å². The molecule has 0 saturated carbocycles.